The molecule has 0 unspecified atom stereocenters. The van der Waals surface area contributed by atoms with Crippen LogP contribution in [0.2, 0.25) is 10.0 Å². The van der Waals surface area contributed by atoms with Crippen molar-refractivity contribution in [3.05, 3.63) is 70.0 Å². The molecule has 0 aliphatic rings. The Kier molecular flexibility index (Phi) is 4.56. The number of Topliss-reactive ketones (excluding diaryl/α,β-unsaturated/α-hetero) is 1. The van der Waals surface area contributed by atoms with Crippen LogP contribution < -0.4 is 0 Å². The molecule has 8 heteroatoms. The highest BCUT2D eigenvalue weighted by Gasteiger charge is 2.28. The summed E-state index contributed by atoms with van der Waals surface area (Å²) in [5.74, 6) is -1.49. The quantitative estimate of drug-likeness (QED) is 0.667. The molecule has 118 valence electrons. The molecule has 0 fully saturated rings. The Bertz CT molecular complexity index is 933. The average Bonchev–Trinajstić information content (AvgIpc) is 3.08. The zero-order chi connectivity index (χ0) is 17.1. The van der Waals surface area contributed by atoms with E-state index in [0.29, 0.717) is 10.7 Å². The Morgan fingerprint density at radius 1 is 1.12 bits per heavy atom. The van der Waals surface area contributed by atoms with E-state index in [4.69, 9.17) is 23.2 Å². The number of aromatic nitrogens is 4. The van der Waals surface area contributed by atoms with Crippen LogP contribution in [0.25, 0.3) is 5.69 Å². The summed E-state index contributed by atoms with van der Waals surface area (Å²) in [6, 6.07) is 15.4. The Morgan fingerprint density at radius 2 is 1.88 bits per heavy atom. The van der Waals surface area contributed by atoms with Crippen LogP contribution in [0.3, 0.4) is 0 Å². The second-order valence-corrected chi connectivity index (χ2v) is 5.65. The van der Waals surface area contributed by atoms with Crippen molar-refractivity contribution in [2.45, 2.75) is 5.92 Å². The van der Waals surface area contributed by atoms with Crippen LogP contribution in [0.15, 0.2) is 48.5 Å². The van der Waals surface area contributed by atoms with Gasteiger partial charge in [0.15, 0.2) is 17.5 Å². The van der Waals surface area contributed by atoms with Gasteiger partial charge in [-0.25, -0.2) is 0 Å². The molecule has 0 aliphatic heterocycles. The van der Waals surface area contributed by atoms with E-state index in [1.807, 2.05) is 24.3 Å². The molecular weight excluding hydrogens is 349 g/mol. The first-order valence-electron chi connectivity index (χ1n) is 6.84. The monoisotopic (exact) mass is 357 g/mol. The van der Waals surface area contributed by atoms with Gasteiger partial charge in [0.1, 0.15) is 0 Å². The largest absolute Gasteiger partial charge is 0.292 e. The third kappa shape index (κ3) is 3.00. The van der Waals surface area contributed by atoms with Gasteiger partial charge >= 0.3 is 0 Å². The van der Waals surface area contributed by atoms with Crippen LogP contribution in [0.4, 0.5) is 0 Å². The summed E-state index contributed by atoms with van der Waals surface area (Å²) < 4.78 is 1.36. The van der Waals surface area contributed by atoms with E-state index < -0.39 is 11.7 Å². The number of nitriles is 1. The maximum Gasteiger partial charge on any atom is 0.187 e. The van der Waals surface area contributed by atoms with Crippen molar-refractivity contribution in [2.75, 3.05) is 0 Å². The fraction of sp³-hybridized carbons (Fsp3) is 0.0625. The molecule has 0 saturated carbocycles. The van der Waals surface area contributed by atoms with E-state index in [1.165, 1.54) is 22.9 Å². The number of benzene rings is 2. The zero-order valence-corrected chi connectivity index (χ0v) is 13.6. The van der Waals surface area contributed by atoms with Gasteiger partial charge in [-0.05, 0) is 40.8 Å². The van der Waals surface area contributed by atoms with Gasteiger partial charge in [0.2, 0.25) is 0 Å². The molecule has 1 atom stereocenters. The van der Waals surface area contributed by atoms with E-state index in [2.05, 4.69) is 15.5 Å². The molecule has 0 amide bonds. The molecule has 3 aromatic rings. The molecule has 0 spiro atoms. The minimum absolute atomic E-state index is 0.139. The van der Waals surface area contributed by atoms with Crippen molar-refractivity contribution < 1.29 is 4.79 Å². The van der Waals surface area contributed by atoms with Gasteiger partial charge in [-0.3, -0.25) is 4.79 Å². The molecule has 24 heavy (non-hydrogen) atoms. The summed E-state index contributed by atoms with van der Waals surface area (Å²) >= 11 is 11.8. The van der Waals surface area contributed by atoms with Crippen LogP contribution in [0.5, 0.6) is 0 Å². The van der Waals surface area contributed by atoms with Gasteiger partial charge in [0.05, 0.1) is 21.8 Å². The molecule has 0 bridgehead atoms. The highest BCUT2D eigenvalue weighted by molar-refractivity contribution is 6.42. The van der Waals surface area contributed by atoms with Crippen molar-refractivity contribution in [3.8, 4) is 11.8 Å². The molecule has 0 saturated heterocycles. The van der Waals surface area contributed by atoms with Crippen LogP contribution >= 0.6 is 23.2 Å². The minimum atomic E-state index is -1.17. The van der Waals surface area contributed by atoms with Crippen molar-refractivity contribution in [3.63, 3.8) is 0 Å². The first-order chi connectivity index (χ1) is 11.6. The van der Waals surface area contributed by atoms with Gasteiger partial charge in [-0.1, -0.05) is 41.4 Å². The van der Waals surface area contributed by atoms with E-state index in [-0.39, 0.29) is 16.4 Å². The smallest absolute Gasteiger partial charge is 0.187 e. The molecule has 0 aliphatic carbocycles. The first kappa shape index (κ1) is 16.1. The minimum Gasteiger partial charge on any atom is -0.292 e. The molecule has 2 aromatic carbocycles. The lowest BCUT2D eigenvalue weighted by atomic mass is 9.98. The number of hydrogen-bond donors (Lipinski definition) is 0. The van der Waals surface area contributed by atoms with E-state index in [9.17, 15) is 10.1 Å². The van der Waals surface area contributed by atoms with Crippen LogP contribution in [-0.2, 0) is 0 Å². The summed E-state index contributed by atoms with van der Waals surface area (Å²) in [4.78, 5) is 12.7. The average molecular weight is 358 g/mol. The number of hydrogen-bond acceptors (Lipinski definition) is 5. The Morgan fingerprint density at radius 3 is 2.54 bits per heavy atom. The zero-order valence-electron chi connectivity index (χ0n) is 12.1. The van der Waals surface area contributed by atoms with Gasteiger partial charge < -0.3 is 0 Å². The van der Waals surface area contributed by atoms with Gasteiger partial charge in [-0.15, -0.1) is 5.10 Å². The van der Waals surface area contributed by atoms with Gasteiger partial charge in [-0.2, -0.15) is 9.94 Å². The van der Waals surface area contributed by atoms with E-state index in [1.54, 1.807) is 12.1 Å². The summed E-state index contributed by atoms with van der Waals surface area (Å²) in [5, 5.41) is 21.4. The highest BCUT2D eigenvalue weighted by Crippen LogP contribution is 2.26. The lowest BCUT2D eigenvalue weighted by molar-refractivity contribution is 0.0975. The molecule has 1 aromatic heterocycles. The van der Waals surface area contributed by atoms with Crippen LogP contribution in [0.1, 0.15) is 22.1 Å². The number of para-hydroxylation sites is 1. The molecule has 1 heterocycles. The molecule has 3 rings (SSSR count). The summed E-state index contributed by atoms with van der Waals surface area (Å²) in [5.41, 5.74) is 0.915. The predicted octanol–water partition coefficient (Wildman–Crippen LogP) is 3.46. The second kappa shape index (κ2) is 6.79. The number of halogens is 2. The summed E-state index contributed by atoms with van der Waals surface area (Å²) in [7, 11) is 0. The normalized spacial score (nSPS) is 11.7. The van der Waals surface area contributed by atoms with Crippen molar-refractivity contribution in [2.24, 2.45) is 0 Å². The van der Waals surface area contributed by atoms with Crippen molar-refractivity contribution >= 4 is 29.0 Å². The summed E-state index contributed by atoms with van der Waals surface area (Å²) in [6.45, 7) is 0. The third-order valence-electron chi connectivity index (χ3n) is 3.35. The molecule has 0 radical (unpaired) electrons. The number of carbonyl (C=O) groups excluding carboxylic acids is 1. The number of tetrazole rings is 1. The number of nitrogens with zero attached hydrogens (tertiary/aromatic N) is 5. The SMILES string of the molecule is N#C[C@@H](C(=O)c1ccc(Cl)c(Cl)c1)c1nnnn1-c1ccccc1. The van der Waals surface area contributed by atoms with Crippen molar-refractivity contribution in [1.82, 2.24) is 20.2 Å². The molecule has 0 N–H and O–H groups in total. The lowest BCUT2D eigenvalue weighted by Gasteiger charge is -2.09. The predicted molar refractivity (Wildman–Crippen MR) is 88.3 cm³/mol. The Labute approximate surface area is 147 Å². The van der Waals surface area contributed by atoms with Gasteiger partial charge in [0.25, 0.3) is 0 Å². The highest BCUT2D eigenvalue weighted by atomic mass is 35.5. The second-order valence-electron chi connectivity index (χ2n) is 4.84. The number of carbonyl (C=O) groups is 1. The molecule has 6 nitrogen and oxygen atoms in total. The van der Waals surface area contributed by atoms with E-state index >= 15 is 0 Å². The fourth-order valence-corrected chi connectivity index (χ4v) is 2.47. The van der Waals surface area contributed by atoms with Crippen LogP contribution in [0, 0.1) is 11.3 Å². The maximum absolute atomic E-state index is 12.7. The first-order valence-corrected chi connectivity index (χ1v) is 7.60. The fourth-order valence-electron chi connectivity index (χ4n) is 2.18. The third-order valence-corrected chi connectivity index (χ3v) is 4.09. The topological polar surface area (TPSA) is 84.5 Å². The maximum atomic E-state index is 12.7. The Balaban J connectivity index is 2.01. The van der Waals surface area contributed by atoms with Crippen LogP contribution in [-0.4, -0.2) is 26.0 Å². The lowest BCUT2D eigenvalue weighted by Crippen LogP contribution is -2.16. The molecular formula is C16H9Cl2N5O. The number of rotatable bonds is 4. The van der Waals surface area contributed by atoms with Crippen molar-refractivity contribution in [1.29, 1.82) is 5.26 Å². The standard InChI is InChI=1S/C16H9Cl2N5O/c17-13-7-6-10(8-14(13)18)15(24)12(9-19)16-20-21-22-23(16)11-4-2-1-3-5-11/h1-8,12H/t12-/m0/s1. The summed E-state index contributed by atoms with van der Waals surface area (Å²) in [6.07, 6.45) is 0. The Hall–Kier alpha value is -2.75. The van der Waals surface area contributed by atoms with Gasteiger partial charge in [0, 0.05) is 5.56 Å². The van der Waals surface area contributed by atoms with E-state index in [0.717, 1.165) is 0 Å². The number of ketones is 1.